The zero-order valence-corrected chi connectivity index (χ0v) is 10.4. The fourth-order valence-electron chi connectivity index (χ4n) is 1.37. The van der Waals surface area contributed by atoms with Crippen molar-refractivity contribution >= 4 is 11.6 Å². The highest BCUT2D eigenvalue weighted by Crippen LogP contribution is 2.28. The van der Waals surface area contributed by atoms with Gasteiger partial charge in [0, 0.05) is 13.6 Å². The quantitative estimate of drug-likeness (QED) is 0.641. The van der Waals surface area contributed by atoms with E-state index in [1.165, 1.54) is 10.9 Å². The van der Waals surface area contributed by atoms with Crippen LogP contribution >= 0.6 is 0 Å². The van der Waals surface area contributed by atoms with Crippen molar-refractivity contribution in [2.45, 2.75) is 6.92 Å². The van der Waals surface area contributed by atoms with Gasteiger partial charge in [0.2, 0.25) is 5.95 Å². The molecule has 1 N–H and O–H groups in total. The van der Waals surface area contributed by atoms with E-state index in [0.717, 1.165) is 6.20 Å². The predicted molar refractivity (Wildman–Crippen MR) is 66.1 cm³/mol. The Balaban J connectivity index is 2.34. The maximum Gasteiger partial charge on any atom is 0.349 e. The van der Waals surface area contributed by atoms with E-state index >= 15 is 0 Å². The van der Waals surface area contributed by atoms with Crippen LogP contribution in [0.3, 0.4) is 0 Å². The molecule has 0 aromatic carbocycles. The normalized spacial score (nSPS) is 10.2. The van der Waals surface area contributed by atoms with Crippen LogP contribution in [0.1, 0.15) is 6.92 Å². The van der Waals surface area contributed by atoms with Crippen molar-refractivity contribution in [3.8, 4) is 11.6 Å². The summed E-state index contributed by atoms with van der Waals surface area (Å²) in [7, 11) is 1.71. The maximum atomic E-state index is 10.9. The number of nitrogens with one attached hydrogen (secondary N) is 1. The predicted octanol–water partition coefficient (Wildman–Crippen LogP) is 1.34. The highest BCUT2D eigenvalue weighted by atomic mass is 16.6. The molecular formula is C10H12N6O3. The first-order chi connectivity index (χ1) is 9.10. The minimum Gasteiger partial charge on any atom is -0.430 e. The Labute approximate surface area is 108 Å². The molecule has 0 bridgehead atoms. The Hall–Kier alpha value is -2.71. The second-order valence-electron chi connectivity index (χ2n) is 3.62. The number of ether oxygens (including phenoxy) is 1. The monoisotopic (exact) mass is 264 g/mol. The molecule has 2 aromatic rings. The third-order valence-electron chi connectivity index (χ3n) is 2.16. The van der Waals surface area contributed by atoms with Gasteiger partial charge in [-0.05, 0) is 6.92 Å². The number of nitrogens with zero attached hydrogens (tertiary/aromatic N) is 5. The number of nitro groups is 1. The summed E-state index contributed by atoms with van der Waals surface area (Å²) in [5, 5.41) is 17.7. The summed E-state index contributed by atoms with van der Waals surface area (Å²) in [6.07, 6.45) is 4.13. The molecule has 19 heavy (non-hydrogen) atoms. The average Bonchev–Trinajstić information content (AvgIpc) is 2.75. The average molecular weight is 264 g/mol. The van der Waals surface area contributed by atoms with E-state index in [1.54, 1.807) is 13.2 Å². The minimum atomic E-state index is -0.596. The van der Waals surface area contributed by atoms with Gasteiger partial charge in [-0.3, -0.25) is 14.8 Å². The van der Waals surface area contributed by atoms with Gasteiger partial charge in [0.1, 0.15) is 6.20 Å². The summed E-state index contributed by atoms with van der Waals surface area (Å²) in [6, 6.07) is 0. The van der Waals surface area contributed by atoms with Crippen molar-refractivity contribution in [1.29, 1.82) is 0 Å². The Morgan fingerprint density at radius 2 is 2.32 bits per heavy atom. The molecule has 100 valence electrons. The molecule has 9 nitrogen and oxygen atoms in total. The highest BCUT2D eigenvalue weighted by Gasteiger charge is 2.20. The first-order valence-electron chi connectivity index (χ1n) is 5.52. The van der Waals surface area contributed by atoms with E-state index in [-0.39, 0.29) is 17.5 Å². The molecule has 0 saturated carbocycles. The van der Waals surface area contributed by atoms with E-state index < -0.39 is 4.92 Å². The molecule has 0 radical (unpaired) electrons. The fourth-order valence-corrected chi connectivity index (χ4v) is 1.37. The highest BCUT2D eigenvalue weighted by molar-refractivity contribution is 5.44. The fraction of sp³-hybridized carbons (Fsp3) is 0.300. The lowest BCUT2D eigenvalue weighted by Crippen LogP contribution is -2.04. The maximum absolute atomic E-state index is 10.9. The third kappa shape index (κ3) is 2.94. The zero-order valence-electron chi connectivity index (χ0n) is 10.4. The van der Waals surface area contributed by atoms with Gasteiger partial charge in [-0.2, -0.15) is 10.1 Å². The molecule has 2 rings (SSSR count). The molecule has 2 aromatic heterocycles. The Morgan fingerprint density at radius 3 is 2.89 bits per heavy atom. The number of hydrogen-bond donors (Lipinski definition) is 1. The largest absolute Gasteiger partial charge is 0.430 e. The number of aromatic nitrogens is 4. The van der Waals surface area contributed by atoms with E-state index in [9.17, 15) is 10.1 Å². The number of hydrogen-bond acceptors (Lipinski definition) is 7. The molecule has 0 unspecified atom stereocenters. The molecule has 9 heteroatoms. The third-order valence-corrected chi connectivity index (χ3v) is 2.16. The van der Waals surface area contributed by atoms with Crippen molar-refractivity contribution < 1.29 is 9.66 Å². The molecule has 0 atom stereocenters. The molecule has 2 heterocycles. The van der Waals surface area contributed by atoms with E-state index in [1.807, 2.05) is 6.92 Å². The summed E-state index contributed by atoms with van der Waals surface area (Å²) < 4.78 is 6.88. The topological polar surface area (TPSA) is 108 Å². The Morgan fingerprint density at radius 1 is 1.53 bits per heavy atom. The molecule has 0 amide bonds. The lowest BCUT2D eigenvalue weighted by molar-refractivity contribution is -0.386. The minimum absolute atomic E-state index is 0.121. The van der Waals surface area contributed by atoms with Gasteiger partial charge in [-0.15, -0.1) is 0 Å². The molecular weight excluding hydrogens is 252 g/mol. The number of rotatable bonds is 5. The number of anilines is 1. The van der Waals surface area contributed by atoms with E-state index in [2.05, 4.69) is 20.4 Å². The SMILES string of the molecule is CCNc1ncc([N+](=O)[O-])c(Oc2cnn(C)c2)n1. The van der Waals surface area contributed by atoms with Crippen LogP contribution in [0.2, 0.25) is 0 Å². The van der Waals surface area contributed by atoms with Crippen molar-refractivity contribution in [3.05, 3.63) is 28.7 Å². The first kappa shape index (κ1) is 12.7. The van der Waals surface area contributed by atoms with Crippen LogP contribution in [0, 0.1) is 10.1 Å². The van der Waals surface area contributed by atoms with Crippen molar-refractivity contribution in [1.82, 2.24) is 19.7 Å². The van der Waals surface area contributed by atoms with Gasteiger partial charge in [-0.1, -0.05) is 0 Å². The first-order valence-corrected chi connectivity index (χ1v) is 5.52. The van der Waals surface area contributed by atoms with Crippen LogP contribution in [-0.2, 0) is 7.05 Å². The zero-order chi connectivity index (χ0) is 13.8. The summed E-state index contributed by atoms with van der Waals surface area (Å²) in [4.78, 5) is 18.1. The van der Waals surface area contributed by atoms with Crippen LogP contribution in [-0.4, -0.2) is 31.2 Å². The Kier molecular flexibility index (Phi) is 3.55. The van der Waals surface area contributed by atoms with Gasteiger partial charge in [0.25, 0.3) is 0 Å². The second-order valence-corrected chi connectivity index (χ2v) is 3.62. The molecule has 0 spiro atoms. The van der Waals surface area contributed by atoms with Crippen molar-refractivity contribution in [3.63, 3.8) is 0 Å². The standard InChI is InChI=1S/C10H12N6O3/c1-3-11-10-12-5-8(16(17)18)9(14-10)19-7-4-13-15(2)6-7/h4-6H,3H2,1-2H3,(H,11,12,14). The van der Waals surface area contributed by atoms with Crippen LogP contribution in [0.15, 0.2) is 18.6 Å². The lowest BCUT2D eigenvalue weighted by Gasteiger charge is -2.05. The smallest absolute Gasteiger partial charge is 0.349 e. The lowest BCUT2D eigenvalue weighted by atomic mass is 10.5. The molecule has 0 fully saturated rings. The van der Waals surface area contributed by atoms with Crippen LogP contribution < -0.4 is 10.1 Å². The number of aryl methyl sites for hydroxylation is 1. The van der Waals surface area contributed by atoms with Gasteiger partial charge in [-0.25, -0.2) is 4.98 Å². The van der Waals surface area contributed by atoms with Crippen LogP contribution in [0.5, 0.6) is 11.6 Å². The molecule has 0 aliphatic rings. The Bertz CT molecular complexity index is 597. The van der Waals surface area contributed by atoms with Crippen molar-refractivity contribution in [2.24, 2.45) is 7.05 Å². The summed E-state index contributed by atoms with van der Waals surface area (Å²) in [5.41, 5.74) is -0.300. The molecule has 0 aliphatic heterocycles. The molecule has 0 saturated heterocycles. The van der Waals surface area contributed by atoms with Gasteiger partial charge in [0.15, 0.2) is 5.75 Å². The van der Waals surface area contributed by atoms with E-state index in [0.29, 0.717) is 12.3 Å². The summed E-state index contributed by atoms with van der Waals surface area (Å²) in [6.45, 7) is 2.47. The van der Waals surface area contributed by atoms with Crippen LogP contribution in [0.25, 0.3) is 0 Å². The van der Waals surface area contributed by atoms with Crippen LogP contribution in [0.4, 0.5) is 11.6 Å². The van der Waals surface area contributed by atoms with Gasteiger partial charge < -0.3 is 10.1 Å². The second kappa shape index (κ2) is 5.29. The summed E-state index contributed by atoms with van der Waals surface area (Å²) >= 11 is 0. The molecule has 0 aliphatic carbocycles. The van der Waals surface area contributed by atoms with Gasteiger partial charge in [0.05, 0.1) is 17.3 Å². The van der Waals surface area contributed by atoms with Crippen molar-refractivity contribution in [2.75, 3.05) is 11.9 Å². The summed E-state index contributed by atoms with van der Waals surface area (Å²) in [5.74, 6) is 0.516. The van der Waals surface area contributed by atoms with E-state index in [4.69, 9.17) is 4.74 Å². The van der Waals surface area contributed by atoms with Gasteiger partial charge >= 0.3 is 11.6 Å².